The average Bonchev–Trinajstić information content (AvgIpc) is 2.72. The van der Waals surface area contributed by atoms with Crippen molar-refractivity contribution in [1.82, 2.24) is 0 Å². The number of hydrogen-bond donors (Lipinski definition) is 1. The molecule has 4 atom stereocenters. The van der Waals surface area contributed by atoms with Gasteiger partial charge in [0.1, 0.15) is 6.10 Å². The quantitative estimate of drug-likeness (QED) is 0.845. The molecular formula is C22H20N4O2. The standard InChI is InChI=1S/C22H20N4O2/c1-15(11-16-7-3-2-4-8-16)18-21(14-25)19(26)28-22(27-18)10-6-5-9-17(22)20(21,12-23)13-24/h2-4,7-8,11,17-18,26H,5-6,9-10H2,1H3/b15-11+,26-19?/t17-,18-,21-,22+/m1/s1. The predicted molar refractivity (Wildman–Crippen MR) is 100 cm³/mol. The molecule has 28 heavy (non-hydrogen) atoms. The molecule has 1 spiro atoms. The van der Waals surface area contributed by atoms with Crippen LogP contribution in [0.25, 0.3) is 6.08 Å². The maximum atomic E-state index is 10.2. The Labute approximate surface area is 164 Å². The Morgan fingerprint density at radius 2 is 1.86 bits per heavy atom. The summed E-state index contributed by atoms with van der Waals surface area (Å²) in [7, 11) is 0. The number of benzene rings is 1. The fraction of sp³-hybridized carbons (Fsp3) is 0.455. The summed E-state index contributed by atoms with van der Waals surface area (Å²) >= 11 is 0. The second kappa shape index (κ2) is 6.20. The summed E-state index contributed by atoms with van der Waals surface area (Å²) in [4.78, 5) is 0. The molecule has 6 heteroatoms. The van der Waals surface area contributed by atoms with Gasteiger partial charge in [-0.15, -0.1) is 0 Å². The van der Waals surface area contributed by atoms with Gasteiger partial charge in [-0.05, 0) is 30.9 Å². The van der Waals surface area contributed by atoms with Crippen molar-refractivity contribution >= 4 is 12.0 Å². The van der Waals surface area contributed by atoms with Crippen LogP contribution in [0.15, 0.2) is 35.9 Å². The first-order valence-corrected chi connectivity index (χ1v) is 9.42. The molecule has 3 heterocycles. The largest absolute Gasteiger partial charge is 0.447 e. The fourth-order valence-electron chi connectivity index (χ4n) is 5.15. The lowest BCUT2D eigenvalue weighted by molar-refractivity contribution is -0.349. The number of nitriles is 3. The third-order valence-corrected chi connectivity index (χ3v) is 6.42. The van der Waals surface area contributed by atoms with Gasteiger partial charge in [-0.3, -0.25) is 5.41 Å². The number of nitrogens with zero attached hydrogens (tertiary/aromatic N) is 3. The van der Waals surface area contributed by atoms with Crippen molar-refractivity contribution in [3.8, 4) is 18.2 Å². The van der Waals surface area contributed by atoms with Crippen molar-refractivity contribution in [2.75, 3.05) is 0 Å². The monoisotopic (exact) mass is 372 g/mol. The van der Waals surface area contributed by atoms with Crippen LogP contribution in [0.1, 0.15) is 38.2 Å². The van der Waals surface area contributed by atoms with Gasteiger partial charge < -0.3 is 9.47 Å². The van der Waals surface area contributed by atoms with Gasteiger partial charge in [0.15, 0.2) is 10.8 Å². The van der Waals surface area contributed by atoms with E-state index in [1.54, 1.807) is 0 Å². The van der Waals surface area contributed by atoms with E-state index in [0.29, 0.717) is 18.4 Å². The molecule has 1 N–H and O–H groups in total. The Morgan fingerprint density at radius 1 is 1.14 bits per heavy atom. The van der Waals surface area contributed by atoms with Crippen molar-refractivity contribution in [2.24, 2.45) is 16.7 Å². The van der Waals surface area contributed by atoms with Gasteiger partial charge in [-0.2, -0.15) is 15.8 Å². The van der Waals surface area contributed by atoms with E-state index in [0.717, 1.165) is 18.4 Å². The normalized spacial score (nSPS) is 35.6. The number of rotatable bonds is 2. The van der Waals surface area contributed by atoms with Crippen LogP contribution in [0.2, 0.25) is 0 Å². The lowest BCUT2D eigenvalue weighted by Gasteiger charge is -2.63. The molecule has 0 unspecified atom stereocenters. The average molecular weight is 372 g/mol. The second-order valence-corrected chi connectivity index (χ2v) is 7.79. The predicted octanol–water partition coefficient (Wildman–Crippen LogP) is 3.93. The molecule has 6 nitrogen and oxygen atoms in total. The van der Waals surface area contributed by atoms with E-state index in [9.17, 15) is 15.8 Å². The van der Waals surface area contributed by atoms with Crippen LogP contribution in [-0.2, 0) is 9.47 Å². The molecule has 140 valence electrons. The van der Waals surface area contributed by atoms with E-state index in [2.05, 4.69) is 18.2 Å². The van der Waals surface area contributed by atoms with E-state index in [-0.39, 0.29) is 5.90 Å². The SMILES string of the molecule is C/C(=C\c1ccccc1)[C@H]1O[C@]23CCCC[C@@H]2C(C#N)(C#N)[C@@]1(C#N)C(=N)O3. The summed E-state index contributed by atoms with van der Waals surface area (Å²) in [5.41, 5.74) is -1.87. The molecule has 4 fully saturated rings. The summed E-state index contributed by atoms with van der Waals surface area (Å²) in [6, 6.07) is 16.0. The summed E-state index contributed by atoms with van der Waals surface area (Å²) in [5, 5.41) is 39.1. The van der Waals surface area contributed by atoms with Crippen LogP contribution in [-0.4, -0.2) is 17.8 Å². The number of fused-ring (bicyclic) bond motifs is 2. The molecule has 0 amide bonds. The van der Waals surface area contributed by atoms with E-state index >= 15 is 0 Å². The van der Waals surface area contributed by atoms with Gasteiger partial charge in [-0.25, -0.2) is 0 Å². The first-order valence-electron chi connectivity index (χ1n) is 9.42. The lowest BCUT2D eigenvalue weighted by Crippen LogP contribution is -2.76. The van der Waals surface area contributed by atoms with Crippen LogP contribution in [0, 0.1) is 56.2 Å². The van der Waals surface area contributed by atoms with Gasteiger partial charge in [0.25, 0.3) is 0 Å². The van der Waals surface area contributed by atoms with Crippen LogP contribution >= 0.6 is 0 Å². The Kier molecular flexibility index (Phi) is 4.03. The summed E-state index contributed by atoms with van der Waals surface area (Å²) < 4.78 is 12.2. The maximum Gasteiger partial charge on any atom is 0.218 e. The highest BCUT2D eigenvalue weighted by atomic mass is 16.7. The summed E-state index contributed by atoms with van der Waals surface area (Å²) in [6.45, 7) is 1.82. The molecule has 3 aliphatic heterocycles. The number of ether oxygens (including phenoxy) is 2. The highest BCUT2D eigenvalue weighted by molar-refractivity contribution is 5.89. The van der Waals surface area contributed by atoms with E-state index < -0.39 is 28.6 Å². The molecule has 1 aromatic carbocycles. The van der Waals surface area contributed by atoms with Crippen LogP contribution in [0.3, 0.4) is 0 Å². The van der Waals surface area contributed by atoms with Gasteiger partial charge in [-0.1, -0.05) is 42.8 Å². The first kappa shape index (κ1) is 18.2. The number of hydrogen-bond acceptors (Lipinski definition) is 6. The Bertz CT molecular complexity index is 967. The molecule has 1 aromatic rings. The number of nitrogens with one attached hydrogen (secondary N) is 1. The van der Waals surface area contributed by atoms with Gasteiger partial charge in [0.2, 0.25) is 11.7 Å². The third kappa shape index (κ3) is 2.06. The van der Waals surface area contributed by atoms with Crippen LogP contribution in [0.4, 0.5) is 0 Å². The van der Waals surface area contributed by atoms with E-state index in [1.165, 1.54) is 0 Å². The summed E-state index contributed by atoms with van der Waals surface area (Å²) in [5.74, 6) is -2.08. The van der Waals surface area contributed by atoms with Crippen molar-refractivity contribution in [3.63, 3.8) is 0 Å². The molecule has 0 aromatic heterocycles. The maximum absolute atomic E-state index is 10.2. The molecule has 2 bridgehead atoms. The zero-order chi connectivity index (χ0) is 20.0. The first-order chi connectivity index (χ1) is 13.5. The van der Waals surface area contributed by atoms with Gasteiger partial charge >= 0.3 is 0 Å². The van der Waals surface area contributed by atoms with Crippen molar-refractivity contribution < 1.29 is 9.47 Å². The van der Waals surface area contributed by atoms with Crippen LogP contribution in [0.5, 0.6) is 0 Å². The molecule has 1 aliphatic carbocycles. The molecule has 3 saturated heterocycles. The van der Waals surface area contributed by atoms with Crippen molar-refractivity contribution in [3.05, 3.63) is 41.5 Å². The molecule has 5 rings (SSSR count). The molecule has 0 radical (unpaired) electrons. The van der Waals surface area contributed by atoms with Crippen LogP contribution < -0.4 is 0 Å². The van der Waals surface area contributed by atoms with Gasteiger partial charge in [0.05, 0.1) is 24.1 Å². The Hall–Kier alpha value is -3.14. The van der Waals surface area contributed by atoms with Gasteiger partial charge in [0, 0.05) is 6.42 Å². The second-order valence-electron chi connectivity index (χ2n) is 7.79. The van der Waals surface area contributed by atoms with E-state index in [4.69, 9.17) is 14.9 Å². The lowest BCUT2D eigenvalue weighted by atomic mass is 9.48. The minimum Gasteiger partial charge on any atom is -0.447 e. The minimum absolute atomic E-state index is 0.326. The van der Waals surface area contributed by atoms with E-state index in [1.807, 2.05) is 43.3 Å². The zero-order valence-electron chi connectivity index (χ0n) is 15.6. The highest BCUT2D eigenvalue weighted by Crippen LogP contribution is 2.66. The molecular weight excluding hydrogens is 352 g/mol. The fourth-order valence-corrected chi connectivity index (χ4v) is 5.15. The minimum atomic E-state index is -1.80. The smallest absolute Gasteiger partial charge is 0.218 e. The third-order valence-electron chi connectivity index (χ3n) is 6.42. The molecule has 4 aliphatic rings. The zero-order valence-corrected chi connectivity index (χ0v) is 15.6. The van der Waals surface area contributed by atoms with Crippen molar-refractivity contribution in [1.29, 1.82) is 21.2 Å². The Morgan fingerprint density at radius 3 is 2.50 bits per heavy atom. The molecule has 1 saturated carbocycles. The summed E-state index contributed by atoms with van der Waals surface area (Å²) in [6.07, 6.45) is 3.71. The topological polar surface area (TPSA) is 114 Å². The highest BCUT2D eigenvalue weighted by Gasteiger charge is 2.80. The van der Waals surface area contributed by atoms with Crippen molar-refractivity contribution in [2.45, 2.75) is 44.5 Å². The Balaban J connectivity index is 1.93.